The summed E-state index contributed by atoms with van der Waals surface area (Å²) in [7, 11) is 3.17. The van der Waals surface area contributed by atoms with E-state index in [4.69, 9.17) is 4.74 Å². The first kappa shape index (κ1) is 24.1. The summed E-state index contributed by atoms with van der Waals surface area (Å²) in [4.78, 5) is 44.2. The lowest BCUT2D eigenvalue weighted by Gasteiger charge is -2.33. The third-order valence-corrected chi connectivity index (χ3v) is 5.51. The molecule has 2 amide bonds. The molecule has 0 saturated carbocycles. The number of methoxy groups -OCH3 is 1. The second-order valence-electron chi connectivity index (χ2n) is 7.27. The minimum Gasteiger partial charge on any atom is -0.469 e. The highest BCUT2D eigenvalue weighted by Crippen LogP contribution is 2.22. The molecule has 0 radical (unpaired) electrons. The molecule has 0 unspecified atom stereocenters. The molecule has 0 spiro atoms. The molecule has 8 nitrogen and oxygen atoms in total. The van der Waals surface area contributed by atoms with Gasteiger partial charge in [-0.25, -0.2) is 0 Å². The first-order valence-electron chi connectivity index (χ1n) is 10.1. The van der Waals surface area contributed by atoms with Crippen molar-refractivity contribution < 1.29 is 19.1 Å². The van der Waals surface area contributed by atoms with Crippen LogP contribution in [0.3, 0.4) is 0 Å². The van der Waals surface area contributed by atoms with Gasteiger partial charge in [0.15, 0.2) is 5.96 Å². The molecule has 0 aromatic heterocycles. The maximum atomic E-state index is 12.4. The predicted octanol–water partition coefficient (Wildman–Crippen LogP) is 2.14. The van der Waals surface area contributed by atoms with E-state index in [2.05, 4.69) is 15.2 Å². The average Bonchev–Trinajstić information content (AvgIpc) is 3.01. The van der Waals surface area contributed by atoms with E-state index in [1.165, 1.54) is 12.0 Å². The van der Waals surface area contributed by atoms with Gasteiger partial charge in [-0.15, -0.1) is 24.0 Å². The van der Waals surface area contributed by atoms with Crippen LogP contribution < -0.4 is 5.32 Å². The fourth-order valence-electron chi connectivity index (χ4n) is 3.86. The fraction of sp³-hybridized carbons (Fsp3) is 0.524. The summed E-state index contributed by atoms with van der Waals surface area (Å²) in [5, 5.41) is 3.33. The van der Waals surface area contributed by atoms with Gasteiger partial charge in [0.1, 0.15) is 0 Å². The van der Waals surface area contributed by atoms with Gasteiger partial charge in [0.05, 0.1) is 24.2 Å². The standard InChI is InChI=1S/C21H28N4O4.HI/c1-22-21(24-13-9-15(10-14-24)20(28)29-2)23-11-5-6-12-25-18(26)16-7-3-4-8-17(16)19(25)27;/h3-4,7-8,15H,5-6,9-14H2,1-2H3,(H,22,23);1H. The average molecular weight is 528 g/mol. The Morgan fingerprint density at radius 2 is 1.73 bits per heavy atom. The number of hydrogen-bond acceptors (Lipinski definition) is 5. The summed E-state index contributed by atoms with van der Waals surface area (Å²) in [5.74, 6) is 0.231. The number of nitrogens with one attached hydrogen (secondary N) is 1. The van der Waals surface area contributed by atoms with Crippen molar-refractivity contribution in [2.45, 2.75) is 25.7 Å². The van der Waals surface area contributed by atoms with Gasteiger partial charge in [-0.1, -0.05) is 12.1 Å². The maximum absolute atomic E-state index is 12.4. The minimum atomic E-state index is -0.206. The number of esters is 1. The molecular formula is C21H29IN4O4. The normalized spacial score (nSPS) is 16.9. The number of rotatable bonds is 6. The summed E-state index contributed by atoms with van der Waals surface area (Å²) in [6.07, 6.45) is 3.05. The lowest BCUT2D eigenvalue weighted by atomic mass is 9.97. The van der Waals surface area contributed by atoms with Gasteiger partial charge in [0.2, 0.25) is 0 Å². The van der Waals surface area contributed by atoms with Crippen molar-refractivity contribution in [3.8, 4) is 0 Å². The number of fused-ring (bicyclic) bond motifs is 1. The van der Waals surface area contributed by atoms with Crippen LogP contribution in [0.15, 0.2) is 29.3 Å². The lowest BCUT2D eigenvalue weighted by molar-refractivity contribution is -0.146. The Hall–Kier alpha value is -2.17. The molecule has 2 heterocycles. The molecule has 1 fully saturated rings. The van der Waals surface area contributed by atoms with Crippen molar-refractivity contribution in [2.75, 3.05) is 40.3 Å². The van der Waals surface area contributed by atoms with Crippen LogP contribution in [0.1, 0.15) is 46.4 Å². The van der Waals surface area contributed by atoms with E-state index in [0.717, 1.165) is 44.7 Å². The first-order chi connectivity index (χ1) is 14.1. The zero-order valence-electron chi connectivity index (χ0n) is 17.4. The number of halogens is 1. The second kappa shape index (κ2) is 11.3. The van der Waals surface area contributed by atoms with Gasteiger partial charge < -0.3 is 15.0 Å². The fourth-order valence-corrected chi connectivity index (χ4v) is 3.86. The van der Waals surface area contributed by atoms with E-state index in [-0.39, 0.29) is 47.7 Å². The van der Waals surface area contributed by atoms with Crippen LogP contribution in [0.2, 0.25) is 0 Å². The van der Waals surface area contributed by atoms with Crippen LogP contribution >= 0.6 is 24.0 Å². The summed E-state index contributed by atoms with van der Waals surface area (Å²) >= 11 is 0. The van der Waals surface area contributed by atoms with Crippen molar-refractivity contribution in [1.82, 2.24) is 15.1 Å². The minimum absolute atomic E-state index is 0. The molecule has 0 atom stereocenters. The highest BCUT2D eigenvalue weighted by Gasteiger charge is 2.34. The summed E-state index contributed by atoms with van der Waals surface area (Å²) in [6, 6.07) is 6.95. The van der Waals surface area contributed by atoms with E-state index in [9.17, 15) is 14.4 Å². The van der Waals surface area contributed by atoms with E-state index in [1.54, 1.807) is 31.3 Å². The van der Waals surface area contributed by atoms with Crippen LogP contribution in [-0.2, 0) is 9.53 Å². The molecule has 1 N–H and O–H groups in total. The number of carbonyl (C=O) groups excluding carboxylic acids is 3. The third-order valence-electron chi connectivity index (χ3n) is 5.51. The number of benzene rings is 1. The van der Waals surface area contributed by atoms with Crippen molar-refractivity contribution in [2.24, 2.45) is 10.9 Å². The summed E-state index contributed by atoms with van der Waals surface area (Å²) in [5.41, 5.74) is 0.984. The molecule has 1 aromatic rings. The zero-order chi connectivity index (χ0) is 20.8. The second-order valence-corrected chi connectivity index (χ2v) is 7.27. The maximum Gasteiger partial charge on any atom is 0.308 e. The molecular weight excluding hydrogens is 499 g/mol. The molecule has 2 aliphatic rings. The number of nitrogens with zero attached hydrogens (tertiary/aromatic N) is 3. The molecule has 2 aliphatic heterocycles. The molecule has 3 rings (SSSR count). The lowest BCUT2D eigenvalue weighted by Crippen LogP contribution is -2.46. The van der Waals surface area contributed by atoms with Gasteiger partial charge in [-0.2, -0.15) is 0 Å². The van der Waals surface area contributed by atoms with Crippen molar-refractivity contribution in [1.29, 1.82) is 0 Å². The number of unbranched alkanes of at least 4 members (excludes halogenated alkanes) is 1. The number of ether oxygens (including phenoxy) is 1. The van der Waals surface area contributed by atoms with Crippen LogP contribution in [-0.4, -0.2) is 73.9 Å². The number of amides is 2. The number of piperidine rings is 1. The Morgan fingerprint density at radius 3 is 2.27 bits per heavy atom. The first-order valence-corrected chi connectivity index (χ1v) is 10.1. The number of imide groups is 1. The Labute approximate surface area is 194 Å². The number of guanidine groups is 1. The SMILES string of the molecule is CN=C(NCCCCN1C(=O)c2ccccc2C1=O)N1CCC(C(=O)OC)CC1.I. The Morgan fingerprint density at radius 1 is 1.13 bits per heavy atom. The third kappa shape index (κ3) is 5.30. The van der Waals surface area contributed by atoms with Gasteiger partial charge >= 0.3 is 5.97 Å². The number of aliphatic imine (C=N–C) groups is 1. The number of hydrogen-bond donors (Lipinski definition) is 1. The molecule has 164 valence electrons. The van der Waals surface area contributed by atoms with Crippen molar-refractivity contribution in [3.63, 3.8) is 0 Å². The number of carbonyl (C=O) groups is 3. The van der Waals surface area contributed by atoms with E-state index in [1.807, 2.05) is 0 Å². The van der Waals surface area contributed by atoms with Crippen LogP contribution in [0.25, 0.3) is 0 Å². The quantitative estimate of drug-likeness (QED) is 0.152. The molecule has 1 saturated heterocycles. The summed E-state index contributed by atoms with van der Waals surface area (Å²) in [6.45, 7) is 2.63. The van der Waals surface area contributed by atoms with E-state index >= 15 is 0 Å². The zero-order valence-corrected chi connectivity index (χ0v) is 19.8. The van der Waals surface area contributed by atoms with Crippen molar-refractivity contribution >= 4 is 47.7 Å². The van der Waals surface area contributed by atoms with Gasteiger partial charge in [-0.05, 0) is 37.8 Å². The highest BCUT2D eigenvalue weighted by atomic mass is 127. The largest absolute Gasteiger partial charge is 0.469 e. The Bertz CT molecular complexity index is 771. The Balaban J connectivity index is 0.00000320. The smallest absolute Gasteiger partial charge is 0.308 e. The predicted molar refractivity (Wildman–Crippen MR) is 124 cm³/mol. The summed E-state index contributed by atoms with van der Waals surface area (Å²) < 4.78 is 4.83. The molecule has 0 aliphatic carbocycles. The molecule has 1 aromatic carbocycles. The topological polar surface area (TPSA) is 91.3 Å². The number of likely N-dealkylation sites (tertiary alicyclic amines) is 1. The molecule has 9 heteroatoms. The monoisotopic (exact) mass is 528 g/mol. The van der Waals surface area contributed by atoms with Crippen LogP contribution in [0, 0.1) is 5.92 Å². The van der Waals surface area contributed by atoms with E-state index < -0.39 is 0 Å². The van der Waals surface area contributed by atoms with Gasteiger partial charge in [0, 0.05) is 33.2 Å². The van der Waals surface area contributed by atoms with Gasteiger partial charge in [0.25, 0.3) is 11.8 Å². The van der Waals surface area contributed by atoms with Crippen LogP contribution in [0.5, 0.6) is 0 Å². The van der Waals surface area contributed by atoms with Gasteiger partial charge in [-0.3, -0.25) is 24.3 Å². The molecule has 30 heavy (non-hydrogen) atoms. The Kier molecular flexibility index (Phi) is 9.07. The molecule has 0 bridgehead atoms. The highest BCUT2D eigenvalue weighted by molar-refractivity contribution is 14.0. The van der Waals surface area contributed by atoms with Crippen LogP contribution in [0.4, 0.5) is 0 Å². The van der Waals surface area contributed by atoms with Crippen molar-refractivity contribution in [3.05, 3.63) is 35.4 Å². The van der Waals surface area contributed by atoms with E-state index in [0.29, 0.717) is 24.2 Å².